The van der Waals surface area contributed by atoms with Crippen LogP contribution in [0.4, 0.5) is 5.69 Å². The van der Waals surface area contributed by atoms with Gasteiger partial charge in [0, 0.05) is 25.2 Å². The lowest BCUT2D eigenvalue weighted by Gasteiger charge is -2.30. The molecule has 1 aromatic carbocycles. The standard InChI is InChI=1S/C18H20N4O3/c1-12-8-21-9-13(6-7-16(21)19-12)20-17(23)10-22-14-4-2-3-5-15(14)25-11-18(22)24/h2-5,8,13H,6-7,9-11H2,1H3,(H,20,23)/t13-/m1/s1. The van der Waals surface area contributed by atoms with E-state index in [0.717, 1.165) is 30.9 Å². The van der Waals surface area contributed by atoms with Crippen molar-refractivity contribution >= 4 is 17.5 Å². The number of amides is 2. The number of hydrogen-bond acceptors (Lipinski definition) is 4. The number of rotatable bonds is 3. The third-order valence-electron chi connectivity index (χ3n) is 4.59. The number of imidazole rings is 1. The normalized spacial score (nSPS) is 19.0. The highest BCUT2D eigenvalue weighted by Crippen LogP contribution is 2.31. The molecule has 7 heteroatoms. The lowest BCUT2D eigenvalue weighted by molar-refractivity contribution is -0.125. The van der Waals surface area contributed by atoms with Crippen molar-refractivity contribution in [3.8, 4) is 5.75 Å². The van der Waals surface area contributed by atoms with Crippen LogP contribution in [0.5, 0.6) is 5.75 Å². The minimum absolute atomic E-state index is 0.00548. The summed E-state index contributed by atoms with van der Waals surface area (Å²) in [6.07, 6.45) is 3.71. The van der Waals surface area contributed by atoms with E-state index in [1.54, 1.807) is 12.1 Å². The van der Waals surface area contributed by atoms with Gasteiger partial charge < -0.3 is 14.6 Å². The Hall–Kier alpha value is -2.83. The highest BCUT2D eigenvalue weighted by atomic mass is 16.5. The summed E-state index contributed by atoms with van der Waals surface area (Å²) in [7, 11) is 0. The van der Waals surface area contributed by atoms with Crippen molar-refractivity contribution in [3.63, 3.8) is 0 Å². The zero-order valence-corrected chi connectivity index (χ0v) is 14.1. The van der Waals surface area contributed by atoms with Gasteiger partial charge >= 0.3 is 0 Å². The smallest absolute Gasteiger partial charge is 0.265 e. The molecule has 25 heavy (non-hydrogen) atoms. The Bertz CT molecular complexity index is 829. The van der Waals surface area contributed by atoms with Gasteiger partial charge in [-0.2, -0.15) is 0 Å². The first kappa shape index (κ1) is 15.7. The highest BCUT2D eigenvalue weighted by Gasteiger charge is 2.28. The maximum absolute atomic E-state index is 12.5. The summed E-state index contributed by atoms with van der Waals surface area (Å²) in [5, 5.41) is 3.05. The molecule has 0 spiro atoms. The van der Waals surface area contributed by atoms with Crippen LogP contribution in [0.3, 0.4) is 0 Å². The number of aryl methyl sites for hydroxylation is 2. The zero-order valence-electron chi connectivity index (χ0n) is 14.1. The predicted octanol–water partition coefficient (Wildman–Crippen LogP) is 1.05. The number of hydrogen-bond donors (Lipinski definition) is 1. The Morgan fingerprint density at radius 2 is 2.24 bits per heavy atom. The number of nitrogens with zero attached hydrogens (tertiary/aromatic N) is 3. The Balaban J connectivity index is 1.42. The average Bonchev–Trinajstić information content (AvgIpc) is 2.97. The quantitative estimate of drug-likeness (QED) is 0.906. The molecule has 0 fully saturated rings. The van der Waals surface area contributed by atoms with E-state index in [4.69, 9.17) is 4.74 Å². The minimum atomic E-state index is -0.204. The lowest BCUT2D eigenvalue weighted by atomic mass is 10.1. The summed E-state index contributed by atoms with van der Waals surface area (Å²) in [4.78, 5) is 30.6. The molecule has 1 aromatic heterocycles. The molecular formula is C18H20N4O3. The van der Waals surface area contributed by atoms with Crippen LogP contribution >= 0.6 is 0 Å². The first-order valence-corrected chi connectivity index (χ1v) is 8.44. The van der Waals surface area contributed by atoms with Crippen molar-refractivity contribution in [2.75, 3.05) is 18.1 Å². The van der Waals surface area contributed by atoms with E-state index in [1.807, 2.05) is 25.3 Å². The van der Waals surface area contributed by atoms with E-state index in [-0.39, 0.29) is 31.0 Å². The zero-order chi connectivity index (χ0) is 17.4. The monoisotopic (exact) mass is 340 g/mol. The van der Waals surface area contributed by atoms with Gasteiger partial charge in [-0.3, -0.25) is 14.5 Å². The number of carbonyl (C=O) groups is 2. The van der Waals surface area contributed by atoms with Crippen molar-refractivity contribution in [1.29, 1.82) is 0 Å². The van der Waals surface area contributed by atoms with Crippen LogP contribution in [0.1, 0.15) is 17.9 Å². The van der Waals surface area contributed by atoms with Gasteiger partial charge in [-0.15, -0.1) is 0 Å². The van der Waals surface area contributed by atoms with Crippen molar-refractivity contribution < 1.29 is 14.3 Å². The van der Waals surface area contributed by atoms with Gasteiger partial charge in [0.1, 0.15) is 18.1 Å². The second-order valence-electron chi connectivity index (χ2n) is 6.49. The molecule has 0 aliphatic carbocycles. The van der Waals surface area contributed by atoms with Crippen molar-refractivity contribution in [2.24, 2.45) is 0 Å². The maximum atomic E-state index is 12.5. The molecule has 130 valence electrons. The van der Waals surface area contributed by atoms with Gasteiger partial charge in [-0.25, -0.2) is 4.98 Å². The summed E-state index contributed by atoms with van der Waals surface area (Å²) in [5.74, 6) is 1.34. The van der Waals surface area contributed by atoms with Crippen LogP contribution < -0.4 is 15.0 Å². The van der Waals surface area contributed by atoms with Gasteiger partial charge in [0.15, 0.2) is 6.61 Å². The Labute approximate surface area is 145 Å². The molecule has 1 atom stereocenters. The van der Waals surface area contributed by atoms with Gasteiger partial charge in [0.25, 0.3) is 5.91 Å². The fourth-order valence-electron chi connectivity index (χ4n) is 3.45. The van der Waals surface area contributed by atoms with E-state index < -0.39 is 0 Å². The van der Waals surface area contributed by atoms with Crippen LogP contribution in [-0.4, -0.2) is 40.6 Å². The SMILES string of the molecule is Cc1cn2c(n1)CC[C@@H](NC(=O)CN1C(=O)COc3ccccc31)C2. The van der Waals surface area contributed by atoms with Crippen molar-refractivity contribution in [1.82, 2.24) is 14.9 Å². The number of benzene rings is 1. The van der Waals surface area contributed by atoms with Crippen LogP contribution in [0.2, 0.25) is 0 Å². The first-order chi connectivity index (χ1) is 12.1. The molecule has 7 nitrogen and oxygen atoms in total. The van der Waals surface area contributed by atoms with E-state index in [1.165, 1.54) is 4.90 Å². The lowest BCUT2D eigenvalue weighted by Crippen LogP contribution is -2.48. The fraction of sp³-hybridized carbons (Fsp3) is 0.389. The first-order valence-electron chi connectivity index (χ1n) is 8.44. The number of ether oxygens (including phenoxy) is 1. The van der Waals surface area contributed by atoms with E-state index >= 15 is 0 Å². The van der Waals surface area contributed by atoms with Crippen molar-refractivity contribution in [3.05, 3.63) is 42.0 Å². The topological polar surface area (TPSA) is 76.5 Å². The van der Waals surface area contributed by atoms with Crippen LogP contribution in [0.15, 0.2) is 30.5 Å². The summed E-state index contributed by atoms with van der Waals surface area (Å²) >= 11 is 0. The highest BCUT2D eigenvalue weighted by molar-refractivity contribution is 6.02. The third-order valence-corrected chi connectivity index (χ3v) is 4.59. The minimum Gasteiger partial charge on any atom is -0.482 e. The molecule has 2 aromatic rings. The Morgan fingerprint density at radius 1 is 1.40 bits per heavy atom. The third kappa shape index (κ3) is 3.09. The molecule has 0 radical (unpaired) electrons. The van der Waals surface area contributed by atoms with Gasteiger partial charge in [0.05, 0.1) is 11.4 Å². The molecule has 2 amide bonds. The number of anilines is 1. The second kappa shape index (κ2) is 6.23. The number of para-hydroxylation sites is 2. The molecular weight excluding hydrogens is 320 g/mol. The van der Waals surface area contributed by atoms with Gasteiger partial charge in [-0.05, 0) is 25.5 Å². The number of carbonyl (C=O) groups excluding carboxylic acids is 2. The Morgan fingerprint density at radius 3 is 3.12 bits per heavy atom. The van der Waals surface area contributed by atoms with Crippen LogP contribution in [-0.2, 0) is 22.6 Å². The maximum Gasteiger partial charge on any atom is 0.265 e. The summed E-state index contributed by atoms with van der Waals surface area (Å²) in [5.41, 5.74) is 1.64. The van der Waals surface area contributed by atoms with E-state index in [0.29, 0.717) is 11.4 Å². The summed E-state index contributed by atoms with van der Waals surface area (Å²) in [6.45, 7) is 2.66. The van der Waals surface area contributed by atoms with E-state index in [2.05, 4.69) is 14.9 Å². The fourth-order valence-corrected chi connectivity index (χ4v) is 3.45. The number of fused-ring (bicyclic) bond motifs is 2. The van der Waals surface area contributed by atoms with E-state index in [9.17, 15) is 9.59 Å². The number of aromatic nitrogens is 2. The molecule has 0 bridgehead atoms. The largest absolute Gasteiger partial charge is 0.482 e. The molecule has 0 unspecified atom stereocenters. The molecule has 2 aliphatic heterocycles. The molecule has 0 saturated carbocycles. The summed E-state index contributed by atoms with van der Waals surface area (Å²) < 4.78 is 7.50. The molecule has 3 heterocycles. The molecule has 1 N–H and O–H groups in total. The van der Waals surface area contributed by atoms with Gasteiger partial charge in [-0.1, -0.05) is 12.1 Å². The van der Waals surface area contributed by atoms with Gasteiger partial charge in [0.2, 0.25) is 5.91 Å². The Kier molecular flexibility index (Phi) is 3.91. The predicted molar refractivity (Wildman–Crippen MR) is 91.5 cm³/mol. The molecule has 0 saturated heterocycles. The molecule has 4 rings (SSSR count). The molecule has 2 aliphatic rings. The van der Waals surface area contributed by atoms with Crippen LogP contribution in [0, 0.1) is 6.92 Å². The summed E-state index contributed by atoms with van der Waals surface area (Å²) in [6, 6.07) is 7.33. The number of nitrogens with one attached hydrogen (secondary N) is 1. The van der Waals surface area contributed by atoms with Crippen molar-refractivity contribution in [2.45, 2.75) is 32.4 Å². The second-order valence-corrected chi connectivity index (χ2v) is 6.49. The van der Waals surface area contributed by atoms with Crippen LogP contribution in [0.25, 0.3) is 0 Å². The average molecular weight is 340 g/mol.